The number of fused-ring (bicyclic) bond motifs is 1. The monoisotopic (exact) mass is 445 g/mol. The van der Waals surface area contributed by atoms with Gasteiger partial charge in [0.2, 0.25) is 0 Å². The molecule has 1 aliphatic carbocycles. The number of amides is 1. The van der Waals surface area contributed by atoms with Gasteiger partial charge in [-0.15, -0.1) is 6.58 Å². The van der Waals surface area contributed by atoms with E-state index in [-0.39, 0.29) is 34.7 Å². The number of benzene rings is 2. The maximum atomic E-state index is 14.3. The van der Waals surface area contributed by atoms with Crippen LogP contribution in [0.25, 0.3) is 0 Å². The first-order chi connectivity index (χ1) is 14.7. The number of hydrogen-bond donors (Lipinski definition) is 0. The van der Waals surface area contributed by atoms with Crippen molar-refractivity contribution in [3.63, 3.8) is 0 Å². The largest absolute Gasteiger partial charge is 0.445 e. The molecule has 2 atom stereocenters. The maximum absolute atomic E-state index is 14.3. The predicted octanol–water partition coefficient (Wildman–Crippen LogP) is 6.44. The van der Waals surface area contributed by atoms with Gasteiger partial charge < -0.3 is 4.74 Å². The van der Waals surface area contributed by atoms with Gasteiger partial charge >= 0.3 is 12.3 Å². The van der Waals surface area contributed by atoms with Crippen LogP contribution in [0.5, 0.6) is 0 Å². The van der Waals surface area contributed by atoms with Crippen LogP contribution < -0.4 is 4.90 Å². The molecular weight excluding hydrogens is 427 g/mol. The Morgan fingerprint density at radius 3 is 2.58 bits per heavy atom. The highest BCUT2D eigenvalue weighted by Gasteiger charge is 2.63. The Hall–Kier alpha value is -2.91. The molecule has 4 rings (SSSR count). The summed E-state index contributed by atoms with van der Waals surface area (Å²) in [6.45, 7) is 3.88. The third-order valence-corrected chi connectivity index (χ3v) is 5.64. The van der Waals surface area contributed by atoms with Crippen LogP contribution in [0.1, 0.15) is 29.9 Å². The number of alkyl halides is 3. The molecule has 1 saturated carbocycles. The van der Waals surface area contributed by atoms with E-state index in [1.54, 1.807) is 6.08 Å². The van der Waals surface area contributed by atoms with Gasteiger partial charge in [0.15, 0.2) is 0 Å². The second kappa shape index (κ2) is 7.97. The van der Waals surface area contributed by atoms with Gasteiger partial charge in [-0.05, 0) is 42.5 Å². The summed E-state index contributed by atoms with van der Waals surface area (Å²) in [7, 11) is 0. The highest BCUT2D eigenvalue weighted by molar-refractivity contribution is 6.30. The number of cyclic esters (lactones) is 1. The van der Waals surface area contributed by atoms with E-state index >= 15 is 0 Å². The summed E-state index contributed by atoms with van der Waals surface area (Å²) >= 11 is 6.05. The first-order valence-corrected chi connectivity index (χ1v) is 10.2. The van der Waals surface area contributed by atoms with Crippen molar-refractivity contribution in [3.8, 4) is 11.8 Å². The molecule has 2 aromatic rings. The quantitative estimate of drug-likeness (QED) is 0.400. The van der Waals surface area contributed by atoms with E-state index in [4.69, 9.17) is 16.3 Å². The van der Waals surface area contributed by atoms with Crippen LogP contribution in [0.4, 0.5) is 23.7 Å². The van der Waals surface area contributed by atoms with E-state index < -0.39 is 17.9 Å². The van der Waals surface area contributed by atoms with Gasteiger partial charge in [0.05, 0.1) is 5.69 Å². The summed E-state index contributed by atoms with van der Waals surface area (Å²) in [5.74, 6) is 4.45. The lowest BCUT2D eigenvalue weighted by Crippen LogP contribution is -2.53. The minimum atomic E-state index is -4.94. The fourth-order valence-electron chi connectivity index (χ4n) is 3.56. The fourth-order valence-corrected chi connectivity index (χ4v) is 3.73. The Bertz CT molecular complexity index is 1070. The van der Waals surface area contributed by atoms with Crippen LogP contribution in [0.15, 0.2) is 61.2 Å². The molecule has 1 heterocycles. The summed E-state index contributed by atoms with van der Waals surface area (Å²) < 4.78 is 48.0. The number of rotatable bonds is 4. The topological polar surface area (TPSA) is 29.5 Å². The van der Waals surface area contributed by atoms with E-state index in [9.17, 15) is 18.0 Å². The second-order valence-electron chi connectivity index (χ2n) is 7.62. The second-order valence-corrected chi connectivity index (χ2v) is 8.05. The minimum Gasteiger partial charge on any atom is -0.415 e. The molecular formula is C24H19ClF3NO2. The molecule has 160 valence electrons. The maximum Gasteiger partial charge on any atom is 0.445 e. The van der Waals surface area contributed by atoms with Crippen molar-refractivity contribution in [1.82, 2.24) is 0 Å². The first-order valence-electron chi connectivity index (χ1n) is 9.82. The molecule has 0 bridgehead atoms. The Balaban J connectivity index is 1.81. The Morgan fingerprint density at radius 1 is 1.26 bits per heavy atom. The molecule has 0 spiro atoms. The molecule has 2 aliphatic rings. The predicted molar refractivity (Wildman–Crippen MR) is 113 cm³/mol. The van der Waals surface area contributed by atoms with Crippen LogP contribution in [-0.2, 0) is 10.3 Å². The van der Waals surface area contributed by atoms with Gasteiger partial charge in [0.25, 0.3) is 5.60 Å². The van der Waals surface area contributed by atoms with Crippen molar-refractivity contribution in [2.24, 2.45) is 5.92 Å². The molecule has 1 aliphatic heterocycles. The molecule has 0 aromatic heterocycles. The summed E-state index contributed by atoms with van der Waals surface area (Å²) in [4.78, 5) is 14.1. The molecule has 31 heavy (non-hydrogen) atoms. The summed E-state index contributed by atoms with van der Waals surface area (Å²) in [5.41, 5.74) is -2.39. The lowest BCUT2D eigenvalue weighted by atomic mass is 9.89. The van der Waals surface area contributed by atoms with Gasteiger partial charge in [0.1, 0.15) is 0 Å². The van der Waals surface area contributed by atoms with E-state index in [0.29, 0.717) is 0 Å². The lowest BCUT2D eigenvalue weighted by molar-refractivity contribution is -0.240. The van der Waals surface area contributed by atoms with Crippen molar-refractivity contribution in [2.75, 3.05) is 11.4 Å². The lowest BCUT2D eigenvalue weighted by Gasteiger charge is -2.41. The Labute approximate surface area is 183 Å². The van der Waals surface area contributed by atoms with E-state index in [1.165, 1.54) is 23.1 Å². The fraction of sp³-hybridized carbons (Fsp3) is 0.292. The van der Waals surface area contributed by atoms with E-state index in [2.05, 4.69) is 18.4 Å². The molecule has 0 saturated heterocycles. The number of carbonyl (C=O) groups excluding carboxylic acids is 1. The van der Waals surface area contributed by atoms with Gasteiger partial charge in [0, 0.05) is 29.0 Å². The number of halogens is 4. The van der Waals surface area contributed by atoms with Crippen molar-refractivity contribution in [2.45, 2.75) is 30.5 Å². The van der Waals surface area contributed by atoms with Gasteiger partial charge in [-0.2, -0.15) is 13.2 Å². The minimum absolute atomic E-state index is 0.0605. The first kappa shape index (κ1) is 21.3. The third kappa shape index (κ3) is 4.03. The van der Waals surface area contributed by atoms with Crippen LogP contribution >= 0.6 is 11.6 Å². The zero-order valence-corrected chi connectivity index (χ0v) is 17.2. The molecule has 3 nitrogen and oxygen atoms in total. The van der Waals surface area contributed by atoms with Gasteiger partial charge in [-0.3, -0.25) is 4.90 Å². The van der Waals surface area contributed by atoms with Crippen molar-refractivity contribution in [3.05, 3.63) is 77.3 Å². The standard InChI is InChI=1S/C24H19ClF3NO2/c1-2-17(18-6-4-3-5-7-18)15-29-21-11-10-19(25)14-20(21)23(24(26,27)28,31-22(29)30)13-12-16-8-9-16/h2-7,10-11,14,16-17H,1,8-9,15H2/t17-,23-/m0/s1. The van der Waals surface area contributed by atoms with Crippen LogP contribution in [-0.4, -0.2) is 18.8 Å². The normalized spacial score (nSPS) is 21.4. The zero-order valence-electron chi connectivity index (χ0n) is 16.5. The van der Waals surface area contributed by atoms with Crippen LogP contribution in [0, 0.1) is 17.8 Å². The zero-order chi connectivity index (χ0) is 22.2. The SMILES string of the molecule is C=C[C@@H](CN1C(=O)O[C@](C#CC2CC2)(C(F)(F)F)c2cc(Cl)ccc21)c1ccccc1. The highest BCUT2D eigenvalue weighted by Crippen LogP contribution is 2.50. The van der Waals surface area contributed by atoms with Crippen molar-refractivity contribution in [1.29, 1.82) is 0 Å². The number of ether oxygens (including phenoxy) is 1. The molecule has 2 aromatic carbocycles. The van der Waals surface area contributed by atoms with E-state index in [1.807, 2.05) is 30.3 Å². The molecule has 0 unspecified atom stereocenters. The highest BCUT2D eigenvalue weighted by atomic mass is 35.5. The smallest absolute Gasteiger partial charge is 0.415 e. The van der Waals surface area contributed by atoms with Crippen LogP contribution in [0.3, 0.4) is 0 Å². The molecule has 7 heteroatoms. The van der Waals surface area contributed by atoms with Crippen molar-refractivity contribution >= 4 is 23.4 Å². The molecule has 0 N–H and O–H groups in total. The van der Waals surface area contributed by atoms with Crippen molar-refractivity contribution < 1.29 is 22.7 Å². The van der Waals surface area contributed by atoms with E-state index in [0.717, 1.165) is 18.4 Å². The molecule has 1 amide bonds. The third-order valence-electron chi connectivity index (χ3n) is 5.41. The molecule has 1 fully saturated rings. The van der Waals surface area contributed by atoms with Gasteiger partial charge in [-0.1, -0.05) is 53.9 Å². The summed E-state index contributed by atoms with van der Waals surface area (Å²) in [6, 6.07) is 13.3. The summed E-state index contributed by atoms with van der Waals surface area (Å²) in [5, 5.41) is 0.0989. The number of carbonyl (C=O) groups is 1. The van der Waals surface area contributed by atoms with Crippen LogP contribution in [0.2, 0.25) is 5.02 Å². The number of hydrogen-bond acceptors (Lipinski definition) is 2. The summed E-state index contributed by atoms with van der Waals surface area (Å²) in [6.07, 6.45) is -2.92. The number of anilines is 1. The molecule has 0 radical (unpaired) electrons. The Morgan fingerprint density at radius 2 is 1.97 bits per heavy atom. The average molecular weight is 446 g/mol. The Kier molecular flexibility index (Phi) is 5.49. The number of nitrogens with zero attached hydrogens (tertiary/aromatic N) is 1. The average Bonchev–Trinajstić information content (AvgIpc) is 3.56. The van der Waals surface area contributed by atoms with Gasteiger partial charge in [-0.25, -0.2) is 4.79 Å².